The molecule has 0 aliphatic rings. The summed E-state index contributed by atoms with van der Waals surface area (Å²) in [7, 11) is 0. The van der Waals surface area contributed by atoms with E-state index in [4.69, 9.17) is 5.11 Å². The van der Waals surface area contributed by atoms with Crippen molar-refractivity contribution in [3.63, 3.8) is 0 Å². The molecule has 0 atom stereocenters. The quantitative estimate of drug-likeness (QED) is 0.763. The first-order valence-electron chi connectivity index (χ1n) is 3.90. The van der Waals surface area contributed by atoms with Gasteiger partial charge in [0.15, 0.2) is 0 Å². The molecule has 0 aromatic carbocycles. The summed E-state index contributed by atoms with van der Waals surface area (Å²) in [4.78, 5) is 14.2. The summed E-state index contributed by atoms with van der Waals surface area (Å²) in [6, 6.07) is 0. The molecule has 4 heteroatoms. The Hall–Kier alpha value is -1.45. The van der Waals surface area contributed by atoms with Crippen molar-refractivity contribution in [1.82, 2.24) is 4.98 Å². The Bertz CT molecular complexity index is 336. The van der Waals surface area contributed by atoms with E-state index in [9.17, 15) is 9.18 Å². The van der Waals surface area contributed by atoms with Crippen LogP contribution in [0.4, 0.5) is 4.39 Å². The van der Waals surface area contributed by atoms with Crippen LogP contribution in [0.15, 0.2) is 12.4 Å². The Kier molecular flexibility index (Phi) is 2.60. The smallest absolute Gasteiger partial charge is 0.337 e. The van der Waals surface area contributed by atoms with E-state index < -0.39 is 11.8 Å². The van der Waals surface area contributed by atoms with Crippen molar-refractivity contribution >= 4 is 5.97 Å². The molecule has 0 unspecified atom stereocenters. The van der Waals surface area contributed by atoms with Gasteiger partial charge in [0, 0.05) is 11.8 Å². The first kappa shape index (κ1) is 9.64. The van der Waals surface area contributed by atoms with Gasteiger partial charge >= 0.3 is 5.97 Å². The van der Waals surface area contributed by atoms with Crippen molar-refractivity contribution < 1.29 is 14.3 Å². The van der Waals surface area contributed by atoms with Crippen LogP contribution in [0.1, 0.15) is 35.7 Å². The van der Waals surface area contributed by atoms with E-state index in [2.05, 4.69) is 4.98 Å². The lowest BCUT2D eigenvalue weighted by Crippen LogP contribution is -2.07. The van der Waals surface area contributed by atoms with Crippen molar-refractivity contribution in [2.75, 3.05) is 0 Å². The van der Waals surface area contributed by atoms with Gasteiger partial charge in [0.2, 0.25) is 0 Å². The third-order valence-corrected chi connectivity index (χ3v) is 1.75. The van der Waals surface area contributed by atoms with Crippen LogP contribution in [0.3, 0.4) is 0 Å². The van der Waals surface area contributed by atoms with Gasteiger partial charge in [-0.15, -0.1) is 0 Å². The highest BCUT2D eigenvalue weighted by Crippen LogP contribution is 2.21. The van der Waals surface area contributed by atoms with E-state index >= 15 is 0 Å². The topological polar surface area (TPSA) is 50.2 Å². The first-order valence-corrected chi connectivity index (χ1v) is 3.90. The molecule has 0 spiro atoms. The lowest BCUT2D eigenvalue weighted by Gasteiger charge is -2.09. The SMILES string of the molecule is CC(C)c1c(F)cncc1C(=O)O. The highest BCUT2D eigenvalue weighted by Gasteiger charge is 2.17. The molecule has 0 radical (unpaired) electrons. The average Bonchev–Trinajstić information content (AvgIpc) is 2.02. The Morgan fingerprint density at radius 3 is 2.54 bits per heavy atom. The van der Waals surface area contributed by atoms with Gasteiger partial charge in [0.05, 0.1) is 11.8 Å². The molecular weight excluding hydrogens is 173 g/mol. The number of carbonyl (C=O) groups is 1. The molecule has 1 heterocycles. The summed E-state index contributed by atoms with van der Waals surface area (Å²) >= 11 is 0. The van der Waals surface area contributed by atoms with Gasteiger partial charge in [-0.1, -0.05) is 13.8 Å². The number of rotatable bonds is 2. The molecule has 0 saturated carbocycles. The summed E-state index contributed by atoms with van der Waals surface area (Å²) in [6.07, 6.45) is 2.20. The van der Waals surface area contributed by atoms with Gasteiger partial charge in [-0.05, 0) is 5.92 Å². The fourth-order valence-electron chi connectivity index (χ4n) is 1.20. The Balaban J connectivity index is 3.34. The van der Waals surface area contributed by atoms with Gasteiger partial charge in [-0.3, -0.25) is 4.98 Å². The van der Waals surface area contributed by atoms with Crippen molar-refractivity contribution in [3.8, 4) is 0 Å². The number of halogens is 1. The summed E-state index contributed by atoms with van der Waals surface area (Å²) in [5.41, 5.74) is 0.150. The molecule has 13 heavy (non-hydrogen) atoms. The van der Waals surface area contributed by atoms with Crippen LogP contribution >= 0.6 is 0 Å². The molecule has 0 aliphatic carbocycles. The van der Waals surface area contributed by atoms with E-state index in [1.807, 2.05) is 0 Å². The Morgan fingerprint density at radius 1 is 1.54 bits per heavy atom. The largest absolute Gasteiger partial charge is 0.478 e. The van der Waals surface area contributed by atoms with E-state index in [-0.39, 0.29) is 17.0 Å². The third-order valence-electron chi connectivity index (χ3n) is 1.75. The van der Waals surface area contributed by atoms with Crippen molar-refractivity contribution in [2.45, 2.75) is 19.8 Å². The maximum Gasteiger partial charge on any atom is 0.337 e. The van der Waals surface area contributed by atoms with Crippen molar-refractivity contribution in [2.24, 2.45) is 0 Å². The fourth-order valence-corrected chi connectivity index (χ4v) is 1.20. The maximum atomic E-state index is 13.1. The number of carboxylic acids is 1. The minimum absolute atomic E-state index is 0.0602. The number of hydrogen-bond acceptors (Lipinski definition) is 2. The Morgan fingerprint density at radius 2 is 2.15 bits per heavy atom. The molecule has 70 valence electrons. The second-order valence-electron chi connectivity index (χ2n) is 3.04. The van der Waals surface area contributed by atoms with Crippen molar-refractivity contribution in [1.29, 1.82) is 0 Å². The minimum atomic E-state index is -1.14. The van der Waals surface area contributed by atoms with Crippen LogP contribution in [0.25, 0.3) is 0 Å². The molecular formula is C9H10FNO2. The number of pyridine rings is 1. The van der Waals surface area contributed by atoms with Gasteiger partial charge in [-0.2, -0.15) is 0 Å². The molecule has 1 aromatic rings. The molecule has 1 rings (SSSR count). The van der Waals surface area contributed by atoms with Crippen LogP contribution < -0.4 is 0 Å². The Labute approximate surface area is 75.2 Å². The summed E-state index contributed by atoms with van der Waals surface area (Å²) in [6.45, 7) is 3.48. The van der Waals surface area contributed by atoms with E-state index in [1.54, 1.807) is 13.8 Å². The lowest BCUT2D eigenvalue weighted by atomic mass is 9.99. The molecule has 1 N–H and O–H groups in total. The van der Waals surface area contributed by atoms with Crippen LogP contribution in [-0.2, 0) is 0 Å². The van der Waals surface area contributed by atoms with Crippen LogP contribution in [0.2, 0.25) is 0 Å². The summed E-state index contributed by atoms with van der Waals surface area (Å²) in [5, 5.41) is 8.73. The molecule has 0 saturated heterocycles. The first-order chi connectivity index (χ1) is 6.04. The summed E-state index contributed by atoms with van der Waals surface area (Å²) in [5.74, 6) is -1.86. The monoisotopic (exact) mass is 183 g/mol. The maximum absolute atomic E-state index is 13.1. The number of aromatic carboxylic acids is 1. The van der Waals surface area contributed by atoms with Gasteiger partial charge in [0.1, 0.15) is 5.82 Å². The zero-order valence-corrected chi connectivity index (χ0v) is 7.41. The minimum Gasteiger partial charge on any atom is -0.478 e. The molecule has 0 amide bonds. The van der Waals surface area contributed by atoms with Gasteiger partial charge < -0.3 is 5.11 Å². The van der Waals surface area contributed by atoms with Crippen LogP contribution in [0.5, 0.6) is 0 Å². The molecule has 3 nitrogen and oxygen atoms in total. The molecule has 0 bridgehead atoms. The number of aromatic nitrogens is 1. The zero-order chi connectivity index (χ0) is 10.0. The normalized spacial score (nSPS) is 10.5. The van der Waals surface area contributed by atoms with Crippen LogP contribution in [-0.4, -0.2) is 16.1 Å². The van der Waals surface area contributed by atoms with Gasteiger partial charge in [0.25, 0.3) is 0 Å². The van der Waals surface area contributed by atoms with Gasteiger partial charge in [-0.25, -0.2) is 9.18 Å². The van der Waals surface area contributed by atoms with E-state index in [0.717, 1.165) is 6.20 Å². The van der Waals surface area contributed by atoms with Crippen LogP contribution in [0, 0.1) is 5.82 Å². The second kappa shape index (κ2) is 3.51. The molecule has 0 aliphatic heterocycles. The standard InChI is InChI=1S/C9H10FNO2/c1-5(2)8-6(9(12)13)3-11-4-7(8)10/h3-5H,1-2H3,(H,12,13). The number of carboxylic acid groups (broad SMARTS) is 1. The number of nitrogens with zero attached hydrogens (tertiary/aromatic N) is 1. The molecule has 0 fully saturated rings. The predicted molar refractivity (Wildman–Crippen MR) is 45.2 cm³/mol. The zero-order valence-electron chi connectivity index (χ0n) is 7.41. The van der Waals surface area contributed by atoms with E-state index in [0.29, 0.717) is 0 Å². The molecule has 1 aromatic heterocycles. The predicted octanol–water partition coefficient (Wildman–Crippen LogP) is 2.04. The highest BCUT2D eigenvalue weighted by molar-refractivity contribution is 5.89. The van der Waals surface area contributed by atoms with E-state index in [1.165, 1.54) is 6.20 Å². The fraction of sp³-hybridized carbons (Fsp3) is 0.333. The average molecular weight is 183 g/mol. The lowest BCUT2D eigenvalue weighted by molar-refractivity contribution is 0.0694. The highest BCUT2D eigenvalue weighted by atomic mass is 19.1. The van der Waals surface area contributed by atoms with Crippen molar-refractivity contribution in [3.05, 3.63) is 29.3 Å². The third kappa shape index (κ3) is 1.83. The number of hydrogen-bond donors (Lipinski definition) is 1. The summed E-state index contributed by atoms with van der Waals surface area (Å²) < 4.78 is 13.1. The second-order valence-corrected chi connectivity index (χ2v) is 3.04.